The van der Waals surface area contributed by atoms with Crippen LogP contribution in [-0.4, -0.2) is 29.6 Å². The van der Waals surface area contributed by atoms with Gasteiger partial charge in [0.15, 0.2) is 0 Å². The van der Waals surface area contributed by atoms with Gasteiger partial charge in [0.1, 0.15) is 6.54 Å². The summed E-state index contributed by atoms with van der Waals surface area (Å²) in [5.74, 6) is -1.50. The van der Waals surface area contributed by atoms with Crippen LogP contribution >= 0.6 is 0 Å². The van der Waals surface area contributed by atoms with Crippen molar-refractivity contribution >= 4 is 17.6 Å². The number of rotatable bonds is 5. The van der Waals surface area contributed by atoms with Crippen LogP contribution in [0.25, 0.3) is 0 Å². The van der Waals surface area contributed by atoms with E-state index in [0.29, 0.717) is 11.3 Å². The predicted molar refractivity (Wildman–Crippen MR) is 65.1 cm³/mol. The van der Waals surface area contributed by atoms with Gasteiger partial charge in [-0.15, -0.1) is 0 Å². The molecule has 0 unspecified atom stereocenters. The van der Waals surface area contributed by atoms with Crippen molar-refractivity contribution in [2.24, 2.45) is 5.73 Å². The maximum atomic E-state index is 11.3. The van der Waals surface area contributed by atoms with Gasteiger partial charge in [-0.2, -0.15) is 0 Å². The predicted octanol–water partition coefficient (Wildman–Crippen LogP) is 1.08. The largest absolute Gasteiger partial charge is 0.480 e. The smallest absolute Gasteiger partial charge is 0.323 e. The number of carboxylic acid groups (broad SMARTS) is 1. The Kier molecular flexibility index (Phi) is 4.09. The van der Waals surface area contributed by atoms with E-state index in [0.717, 1.165) is 0 Å². The molecule has 92 valence electrons. The van der Waals surface area contributed by atoms with Gasteiger partial charge in [-0.1, -0.05) is 12.1 Å². The minimum absolute atomic E-state index is 0.0356. The fraction of sp³-hybridized carbons (Fsp3) is 0.333. The Labute approximate surface area is 99.8 Å². The summed E-state index contributed by atoms with van der Waals surface area (Å²) < 4.78 is 0. The number of para-hydroxylation sites is 1. The molecule has 5 heteroatoms. The van der Waals surface area contributed by atoms with E-state index in [4.69, 9.17) is 10.8 Å². The number of amides is 1. The highest BCUT2D eigenvalue weighted by Gasteiger charge is 2.18. The van der Waals surface area contributed by atoms with Crippen LogP contribution in [0.15, 0.2) is 24.3 Å². The number of nitrogens with two attached hydrogens (primary N) is 1. The van der Waals surface area contributed by atoms with Crippen molar-refractivity contribution in [2.45, 2.75) is 19.9 Å². The Morgan fingerprint density at radius 1 is 1.35 bits per heavy atom. The molecule has 1 aromatic carbocycles. The van der Waals surface area contributed by atoms with Gasteiger partial charge in [-0.25, -0.2) is 0 Å². The van der Waals surface area contributed by atoms with Crippen LogP contribution in [0.2, 0.25) is 0 Å². The van der Waals surface area contributed by atoms with Crippen LogP contribution in [-0.2, 0) is 4.79 Å². The van der Waals surface area contributed by atoms with Crippen LogP contribution < -0.4 is 10.6 Å². The Morgan fingerprint density at radius 2 is 1.94 bits per heavy atom. The van der Waals surface area contributed by atoms with Crippen molar-refractivity contribution in [3.63, 3.8) is 0 Å². The highest BCUT2D eigenvalue weighted by Crippen LogP contribution is 2.21. The maximum absolute atomic E-state index is 11.3. The topological polar surface area (TPSA) is 83.6 Å². The summed E-state index contributed by atoms with van der Waals surface area (Å²) in [5, 5.41) is 8.87. The molecule has 0 saturated carbocycles. The van der Waals surface area contributed by atoms with Crippen molar-refractivity contribution in [2.75, 3.05) is 11.4 Å². The third-order valence-corrected chi connectivity index (χ3v) is 2.41. The number of aliphatic carboxylic acids is 1. The summed E-state index contributed by atoms with van der Waals surface area (Å²) in [6.07, 6.45) is 0. The molecule has 0 fully saturated rings. The monoisotopic (exact) mass is 236 g/mol. The number of carbonyl (C=O) groups excluding carboxylic acids is 1. The standard InChI is InChI=1S/C12H16N2O3/c1-8(2)14(7-11(15)16)10-6-4-3-5-9(10)12(13)17/h3-6,8H,7H2,1-2H3,(H2,13,17)(H,15,16). The molecular weight excluding hydrogens is 220 g/mol. The molecule has 1 rings (SSSR count). The quantitative estimate of drug-likeness (QED) is 0.801. The summed E-state index contributed by atoms with van der Waals surface area (Å²) in [6.45, 7) is 3.56. The molecule has 0 aromatic heterocycles. The van der Waals surface area contributed by atoms with Gasteiger partial charge in [-0.05, 0) is 26.0 Å². The Morgan fingerprint density at radius 3 is 2.41 bits per heavy atom. The van der Waals surface area contributed by atoms with E-state index < -0.39 is 11.9 Å². The van der Waals surface area contributed by atoms with Crippen molar-refractivity contribution in [3.8, 4) is 0 Å². The van der Waals surface area contributed by atoms with Gasteiger partial charge in [-0.3, -0.25) is 9.59 Å². The molecular formula is C12H16N2O3. The van der Waals surface area contributed by atoms with E-state index in [9.17, 15) is 9.59 Å². The first-order chi connectivity index (χ1) is 7.93. The molecule has 0 aliphatic heterocycles. The molecule has 3 N–H and O–H groups in total. The number of anilines is 1. The molecule has 0 aliphatic carbocycles. The van der Waals surface area contributed by atoms with E-state index in [-0.39, 0.29) is 12.6 Å². The van der Waals surface area contributed by atoms with Gasteiger partial charge >= 0.3 is 5.97 Å². The second-order valence-corrected chi connectivity index (χ2v) is 4.00. The molecule has 0 spiro atoms. The molecule has 0 heterocycles. The lowest BCUT2D eigenvalue weighted by atomic mass is 10.1. The SMILES string of the molecule is CC(C)N(CC(=O)O)c1ccccc1C(N)=O. The fourth-order valence-electron chi connectivity index (χ4n) is 1.62. The van der Waals surface area contributed by atoms with Crippen molar-refractivity contribution in [1.29, 1.82) is 0 Å². The minimum atomic E-state index is -0.946. The molecule has 0 bridgehead atoms. The summed E-state index contributed by atoms with van der Waals surface area (Å²) in [5.41, 5.74) is 6.16. The van der Waals surface area contributed by atoms with Crippen LogP contribution in [0.3, 0.4) is 0 Å². The number of benzene rings is 1. The van der Waals surface area contributed by atoms with Gasteiger partial charge in [0.25, 0.3) is 5.91 Å². The van der Waals surface area contributed by atoms with Gasteiger partial charge in [0.05, 0.1) is 11.3 Å². The van der Waals surface area contributed by atoms with Crippen LogP contribution in [0.1, 0.15) is 24.2 Å². The number of carbonyl (C=O) groups is 2. The molecule has 0 aliphatic rings. The minimum Gasteiger partial charge on any atom is -0.480 e. The number of primary amides is 1. The van der Waals surface area contributed by atoms with E-state index in [1.807, 2.05) is 13.8 Å². The first kappa shape index (κ1) is 13.0. The zero-order chi connectivity index (χ0) is 13.0. The number of hydrogen-bond acceptors (Lipinski definition) is 3. The highest BCUT2D eigenvalue weighted by molar-refractivity contribution is 5.99. The number of nitrogens with zero attached hydrogens (tertiary/aromatic N) is 1. The van der Waals surface area contributed by atoms with E-state index in [1.54, 1.807) is 29.2 Å². The van der Waals surface area contributed by atoms with E-state index in [2.05, 4.69) is 0 Å². The van der Waals surface area contributed by atoms with E-state index in [1.165, 1.54) is 0 Å². The number of hydrogen-bond donors (Lipinski definition) is 2. The summed E-state index contributed by atoms with van der Waals surface area (Å²) in [4.78, 5) is 23.7. The summed E-state index contributed by atoms with van der Waals surface area (Å²) in [7, 11) is 0. The lowest BCUT2D eigenvalue weighted by molar-refractivity contribution is -0.135. The Balaban J connectivity index is 3.18. The second kappa shape index (κ2) is 5.34. The fourth-order valence-corrected chi connectivity index (χ4v) is 1.62. The average Bonchev–Trinajstić information content (AvgIpc) is 2.25. The van der Waals surface area contributed by atoms with Crippen molar-refractivity contribution < 1.29 is 14.7 Å². The number of carboxylic acids is 1. The van der Waals surface area contributed by atoms with Crippen LogP contribution in [0.5, 0.6) is 0 Å². The Bertz CT molecular complexity index is 430. The van der Waals surface area contributed by atoms with Crippen LogP contribution in [0, 0.1) is 0 Å². The third-order valence-electron chi connectivity index (χ3n) is 2.41. The maximum Gasteiger partial charge on any atom is 0.323 e. The second-order valence-electron chi connectivity index (χ2n) is 4.00. The molecule has 1 aromatic rings. The van der Waals surface area contributed by atoms with Gasteiger partial charge in [0.2, 0.25) is 0 Å². The van der Waals surface area contributed by atoms with Gasteiger partial charge < -0.3 is 15.7 Å². The zero-order valence-corrected chi connectivity index (χ0v) is 9.88. The first-order valence-electron chi connectivity index (χ1n) is 5.30. The molecule has 5 nitrogen and oxygen atoms in total. The van der Waals surface area contributed by atoms with E-state index >= 15 is 0 Å². The zero-order valence-electron chi connectivity index (χ0n) is 9.88. The average molecular weight is 236 g/mol. The molecule has 0 saturated heterocycles. The van der Waals surface area contributed by atoms with Crippen molar-refractivity contribution in [1.82, 2.24) is 0 Å². The molecule has 17 heavy (non-hydrogen) atoms. The Hall–Kier alpha value is -2.04. The molecule has 1 amide bonds. The lowest BCUT2D eigenvalue weighted by Gasteiger charge is -2.28. The van der Waals surface area contributed by atoms with Crippen LogP contribution in [0.4, 0.5) is 5.69 Å². The first-order valence-corrected chi connectivity index (χ1v) is 5.30. The third kappa shape index (κ3) is 3.21. The highest BCUT2D eigenvalue weighted by atomic mass is 16.4. The normalized spacial score (nSPS) is 10.3. The molecule has 0 radical (unpaired) electrons. The summed E-state index contributed by atoms with van der Waals surface area (Å²) in [6, 6.07) is 6.70. The lowest BCUT2D eigenvalue weighted by Crippen LogP contribution is -2.37. The summed E-state index contributed by atoms with van der Waals surface area (Å²) >= 11 is 0. The van der Waals surface area contributed by atoms with Crippen molar-refractivity contribution in [3.05, 3.63) is 29.8 Å². The molecule has 0 atom stereocenters. The van der Waals surface area contributed by atoms with Gasteiger partial charge in [0, 0.05) is 6.04 Å².